The van der Waals surface area contributed by atoms with Gasteiger partial charge in [0.15, 0.2) is 0 Å². The number of allylic oxidation sites excluding steroid dienone is 6. The van der Waals surface area contributed by atoms with E-state index in [1.807, 2.05) is 6.92 Å². The lowest BCUT2D eigenvalue weighted by Crippen LogP contribution is -2.30. The summed E-state index contributed by atoms with van der Waals surface area (Å²) in [4.78, 5) is 0. The molecule has 0 radical (unpaired) electrons. The van der Waals surface area contributed by atoms with Crippen molar-refractivity contribution in [2.24, 2.45) is 28.6 Å². The zero-order chi connectivity index (χ0) is 33.0. The van der Waals surface area contributed by atoms with Gasteiger partial charge in [-0.05, 0) is 128 Å². The SMILES string of the molecule is C#C.C=C(CC/C=C\C(=C/CC)C(C)(C)c1ccc(C2CCC(C)(C)C(C)C2)c(C)c1)C1CCC(C)(C)C(C)C1.C=CC. The fourth-order valence-electron chi connectivity index (χ4n) is 7.09. The van der Waals surface area contributed by atoms with Crippen molar-refractivity contribution >= 4 is 0 Å². The van der Waals surface area contributed by atoms with Crippen molar-refractivity contribution < 1.29 is 0 Å². The molecule has 0 aliphatic heterocycles. The van der Waals surface area contributed by atoms with E-state index < -0.39 is 0 Å². The van der Waals surface area contributed by atoms with Crippen molar-refractivity contribution in [3.05, 3.63) is 83.5 Å². The van der Waals surface area contributed by atoms with Crippen LogP contribution in [-0.2, 0) is 5.41 Å². The van der Waals surface area contributed by atoms with Gasteiger partial charge >= 0.3 is 0 Å². The van der Waals surface area contributed by atoms with E-state index >= 15 is 0 Å². The quantitative estimate of drug-likeness (QED) is 0.154. The summed E-state index contributed by atoms with van der Waals surface area (Å²) in [6.07, 6.45) is 28.3. The average molecular weight is 585 g/mol. The molecule has 0 N–H and O–H groups in total. The summed E-state index contributed by atoms with van der Waals surface area (Å²) in [5, 5.41) is 0. The summed E-state index contributed by atoms with van der Waals surface area (Å²) in [6, 6.07) is 7.38. The number of hydrogen-bond acceptors (Lipinski definition) is 0. The van der Waals surface area contributed by atoms with Crippen LogP contribution in [0.2, 0.25) is 0 Å². The third-order valence-corrected chi connectivity index (χ3v) is 11.3. The fraction of sp³-hybridized carbons (Fsp3) is 0.628. The molecule has 0 heterocycles. The van der Waals surface area contributed by atoms with Crippen LogP contribution in [0.5, 0.6) is 0 Å². The molecule has 3 rings (SSSR count). The van der Waals surface area contributed by atoms with Gasteiger partial charge in [-0.3, -0.25) is 0 Å². The molecule has 1 aromatic rings. The van der Waals surface area contributed by atoms with E-state index in [4.69, 9.17) is 0 Å². The van der Waals surface area contributed by atoms with Crippen molar-refractivity contribution in [1.82, 2.24) is 0 Å². The maximum Gasteiger partial charge on any atom is 0.0143 e. The van der Waals surface area contributed by atoms with Crippen LogP contribution in [0.1, 0.15) is 150 Å². The first kappa shape index (κ1) is 38.8. The Morgan fingerprint density at radius 1 is 1.00 bits per heavy atom. The molecule has 0 saturated heterocycles. The van der Waals surface area contributed by atoms with Gasteiger partial charge < -0.3 is 0 Å². The number of terminal acetylenes is 1. The molecule has 0 bridgehead atoms. The number of rotatable bonds is 9. The van der Waals surface area contributed by atoms with Gasteiger partial charge in [-0.2, -0.15) is 0 Å². The predicted octanol–water partition coefficient (Wildman–Crippen LogP) is 13.3. The van der Waals surface area contributed by atoms with Crippen molar-refractivity contribution in [1.29, 1.82) is 0 Å². The first-order valence-corrected chi connectivity index (χ1v) is 17.2. The van der Waals surface area contributed by atoms with Crippen LogP contribution in [0.15, 0.2) is 66.8 Å². The minimum absolute atomic E-state index is 0.000951. The monoisotopic (exact) mass is 585 g/mol. The molecular formula is C43H68. The van der Waals surface area contributed by atoms with Crippen LogP contribution in [0.3, 0.4) is 0 Å². The molecule has 2 saturated carbocycles. The smallest absolute Gasteiger partial charge is 0.0143 e. The minimum atomic E-state index is -0.000951. The zero-order valence-corrected chi connectivity index (χ0v) is 30.3. The molecule has 240 valence electrons. The average Bonchev–Trinajstić information content (AvgIpc) is 2.95. The highest BCUT2D eigenvalue weighted by molar-refractivity contribution is 5.44. The van der Waals surface area contributed by atoms with E-state index in [-0.39, 0.29) is 5.41 Å². The summed E-state index contributed by atoms with van der Waals surface area (Å²) in [5.41, 5.74) is 8.40. The zero-order valence-electron chi connectivity index (χ0n) is 30.3. The van der Waals surface area contributed by atoms with E-state index in [0.717, 1.165) is 31.1 Å². The summed E-state index contributed by atoms with van der Waals surface area (Å²) >= 11 is 0. The topological polar surface area (TPSA) is 0 Å². The molecule has 2 aliphatic rings. The Labute approximate surface area is 269 Å². The van der Waals surface area contributed by atoms with Crippen LogP contribution in [-0.4, -0.2) is 0 Å². The van der Waals surface area contributed by atoms with E-state index in [9.17, 15) is 0 Å². The molecule has 4 unspecified atom stereocenters. The second-order valence-corrected chi connectivity index (χ2v) is 15.5. The predicted molar refractivity (Wildman–Crippen MR) is 196 cm³/mol. The Morgan fingerprint density at radius 3 is 2.07 bits per heavy atom. The largest absolute Gasteiger partial charge is 0.124 e. The minimum Gasteiger partial charge on any atom is -0.124 e. The molecular weight excluding hydrogens is 516 g/mol. The number of benzene rings is 1. The standard InChI is InChI=1S/C38H60.C3H6.C2H2/c1-12-15-33(17-14-13-16-27(2)31-20-22-36(6,7)29(4)25-31)38(10,11)34-18-19-35(28(3)24-34)32-21-23-37(8,9)30(5)26-32;1-3-2;1-2/h14-15,17-19,24,29-32H,2,12-13,16,20-23,25-26H2,1,3-11H3;3H,1H2,2H3;1-2H/b17-14-,33-15+;;. The Morgan fingerprint density at radius 2 is 1.56 bits per heavy atom. The second kappa shape index (κ2) is 17.3. The van der Waals surface area contributed by atoms with Gasteiger partial charge in [0.1, 0.15) is 0 Å². The molecule has 0 amide bonds. The van der Waals surface area contributed by atoms with Crippen LogP contribution in [0.25, 0.3) is 0 Å². The summed E-state index contributed by atoms with van der Waals surface area (Å²) in [5.74, 6) is 3.00. The van der Waals surface area contributed by atoms with E-state index in [1.165, 1.54) is 60.8 Å². The van der Waals surface area contributed by atoms with Crippen LogP contribution >= 0.6 is 0 Å². The van der Waals surface area contributed by atoms with E-state index in [1.54, 1.807) is 11.6 Å². The highest BCUT2D eigenvalue weighted by Crippen LogP contribution is 2.48. The molecule has 43 heavy (non-hydrogen) atoms. The Hall–Kier alpha value is -2.26. The normalized spacial score (nSPS) is 25.1. The van der Waals surface area contributed by atoms with Gasteiger partial charge in [-0.15, -0.1) is 19.4 Å². The van der Waals surface area contributed by atoms with Gasteiger partial charge in [0.2, 0.25) is 0 Å². The van der Waals surface area contributed by atoms with Gasteiger partial charge in [-0.25, -0.2) is 0 Å². The lowest BCUT2D eigenvalue weighted by Gasteiger charge is -2.41. The summed E-state index contributed by atoms with van der Waals surface area (Å²) < 4.78 is 0. The van der Waals surface area contributed by atoms with Crippen molar-refractivity contribution in [3.8, 4) is 12.8 Å². The van der Waals surface area contributed by atoms with E-state index in [0.29, 0.717) is 22.7 Å². The lowest BCUT2D eigenvalue weighted by atomic mass is 9.64. The maximum atomic E-state index is 4.53. The van der Waals surface area contributed by atoms with Crippen LogP contribution < -0.4 is 0 Å². The van der Waals surface area contributed by atoms with E-state index in [2.05, 4.69) is 132 Å². The maximum absolute atomic E-state index is 4.53. The molecule has 0 spiro atoms. The van der Waals surface area contributed by atoms with Crippen molar-refractivity contribution in [2.75, 3.05) is 0 Å². The third kappa shape index (κ3) is 10.7. The molecule has 1 aromatic carbocycles. The Bertz CT molecular complexity index is 1100. The molecule has 0 aromatic heterocycles. The van der Waals surface area contributed by atoms with Gasteiger partial charge in [-0.1, -0.05) is 117 Å². The highest BCUT2D eigenvalue weighted by Gasteiger charge is 2.35. The first-order valence-electron chi connectivity index (χ1n) is 17.2. The molecule has 2 fully saturated rings. The summed E-state index contributed by atoms with van der Waals surface area (Å²) in [6.45, 7) is 33.9. The Balaban J connectivity index is 0.00000174. The molecule has 0 nitrogen and oxygen atoms in total. The first-order chi connectivity index (χ1) is 20.1. The molecule has 2 aliphatic carbocycles. The molecule has 4 atom stereocenters. The highest BCUT2D eigenvalue weighted by atomic mass is 14.4. The van der Waals surface area contributed by atoms with Crippen molar-refractivity contribution in [3.63, 3.8) is 0 Å². The van der Waals surface area contributed by atoms with Crippen molar-refractivity contribution in [2.45, 2.75) is 145 Å². The lowest BCUT2D eigenvalue weighted by molar-refractivity contribution is 0.124. The Kier molecular flexibility index (Phi) is 15.6. The van der Waals surface area contributed by atoms with Gasteiger partial charge in [0, 0.05) is 5.41 Å². The number of aryl methyl sites for hydroxylation is 1. The van der Waals surface area contributed by atoms with Gasteiger partial charge in [0.25, 0.3) is 0 Å². The molecule has 0 heteroatoms. The number of hydrogen-bond donors (Lipinski definition) is 0. The third-order valence-electron chi connectivity index (χ3n) is 11.3. The second-order valence-electron chi connectivity index (χ2n) is 15.5. The fourth-order valence-corrected chi connectivity index (χ4v) is 7.09. The summed E-state index contributed by atoms with van der Waals surface area (Å²) in [7, 11) is 0. The van der Waals surface area contributed by atoms with Crippen LogP contribution in [0.4, 0.5) is 0 Å². The van der Waals surface area contributed by atoms with Crippen LogP contribution in [0, 0.1) is 48.4 Å². The van der Waals surface area contributed by atoms with Gasteiger partial charge in [0.05, 0.1) is 0 Å².